The summed E-state index contributed by atoms with van der Waals surface area (Å²) in [6.07, 6.45) is 0.980. The minimum Gasteiger partial charge on any atom is -0.384 e. The van der Waals surface area contributed by atoms with Crippen molar-refractivity contribution in [2.24, 2.45) is 0 Å². The van der Waals surface area contributed by atoms with Gasteiger partial charge in [-0.05, 0) is 48.4 Å². The number of carbonyl (C=O) groups is 1. The van der Waals surface area contributed by atoms with Crippen LogP contribution in [0.2, 0.25) is 0 Å². The van der Waals surface area contributed by atoms with Crippen LogP contribution in [-0.4, -0.2) is 12.5 Å². The number of hydrogen-bond donors (Lipinski definition) is 2. The molecule has 2 N–H and O–H groups in total. The molecule has 2 aromatic rings. The van der Waals surface area contributed by atoms with Gasteiger partial charge in [0.15, 0.2) is 0 Å². The van der Waals surface area contributed by atoms with Crippen molar-refractivity contribution in [3.8, 4) is 0 Å². The number of anilines is 2. The van der Waals surface area contributed by atoms with Crippen molar-refractivity contribution in [2.75, 3.05) is 17.2 Å². The molecule has 0 spiro atoms. The molecule has 0 radical (unpaired) electrons. The highest BCUT2D eigenvalue weighted by molar-refractivity contribution is 9.10. The quantitative estimate of drug-likeness (QED) is 0.887. The lowest BCUT2D eigenvalue weighted by Gasteiger charge is -2.07. The molecule has 0 saturated carbocycles. The summed E-state index contributed by atoms with van der Waals surface area (Å²) >= 11 is 3.39. The van der Waals surface area contributed by atoms with Gasteiger partial charge in [-0.1, -0.05) is 22.0 Å². The number of fused-ring (bicyclic) bond motifs is 1. The highest BCUT2D eigenvalue weighted by atomic mass is 79.9. The van der Waals surface area contributed by atoms with E-state index in [4.69, 9.17) is 0 Å². The molecule has 1 amide bonds. The van der Waals surface area contributed by atoms with E-state index in [0.29, 0.717) is 5.56 Å². The molecule has 1 aliphatic heterocycles. The maximum atomic E-state index is 12.2. The lowest BCUT2D eigenvalue weighted by atomic mass is 10.1. The fraction of sp³-hybridized carbons (Fsp3) is 0.133. The highest BCUT2D eigenvalue weighted by Gasteiger charge is 2.13. The van der Waals surface area contributed by atoms with Gasteiger partial charge < -0.3 is 10.6 Å². The van der Waals surface area contributed by atoms with Crippen LogP contribution < -0.4 is 10.6 Å². The topological polar surface area (TPSA) is 41.1 Å². The third kappa shape index (κ3) is 2.63. The standard InChI is InChI=1S/C15H13BrN2O/c16-12-2-1-3-13(9-12)18-15(19)11-4-5-14-10(8-11)6-7-17-14/h1-5,8-9,17H,6-7H2,(H,18,19). The zero-order chi connectivity index (χ0) is 13.2. The third-order valence-corrected chi connectivity index (χ3v) is 3.65. The zero-order valence-electron chi connectivity index (χ0n) is 10.2. The summed E-state index contributed by atoms with van der Waals surface area (Å²) in [5.74, 6) is -0.0761. The molecular formula is C15H13BrN2O. The van der Waals surface area contributed by atoms with E-state index in [0.717, 1.165) is 28.8 Å². The van der Waals surface area contributed by atoms with Gasteiger partial charge in [0.2, 0.25) is 0 Å². The van der Waals surface area contributed by atoms with Crippen LogP contribution in [0.1, 0.15) is 15.9 Å². The molecule has 2 aromatic carbocycles. The molecule has 1 heterocycles. The number of amides is 1. The molecule has 0 bridgehead atoms. The summed E-state index contributed by atoms with van der Waals surface area (Å²) < 4.78 is 0.948. The molecule has 0 atom stereocenters. The first-order chi connectivity index (χ1) is 9.22. The van der Waals surface area contributed by atoms with E-state index in [2.05, 4.69) is 26.6 Å². The van der Waals surface area contributed by atoms with Gasteiger partial charge in [0.1, 0.15) is 0 Å². The lowest BCUT2D eigenvalue weighted by Crippen LogP contribution is -2.12. The second-order valence-corrected chi connectivity index (χ2v) is 5.43. The first kappa shape index (κ1) is 12.2. The van der Waals surface area contributed by atoms with Gasteiger partial charge in [-0.15, -0.1) is 0 Å². The van der Waals surface area contributed by atoms with E-state index in [1.807, 2.05) is 42.5 Å². The van der Waals surface area contributed by atoms with Gasteiger partial charge in [0.25, 0.3) is 5.91 Å². The van der Waals surface area contributed by atoms with Crippen molar-refractivity contribution >= 4 is 33.2 Å². The second-order valence-electron chi connectivity index (χ2n) is 4.51. The van der Waals surface area contributed by atoms with Crippen molar-refractivity contribution in [3.63, 3.8) is 0 Å². The third-order valence-electron chi connectivity index (χ3n) is 3.16. The van der Waals surface area contributed by atoms with E-state index in [9.17, 15) is 4.79 Å². The molecule has 4 heteroatoms. The Balaban J connectivity index is 1.81. The molecule has 1 aliphatic rings. The van der Waals surface area contributed by atoms with Crippen molar-refractivity contribution in [1.29, 1.82) is 0 Å². The summed E-state index contributed by atoms with van der Waals surface area (Å²) in [5, 5.41) is 6.19. The SMILES string of the molecule is O=C(Nc1cccc(Br)c1)c1ccc2c(c1)CCN2. The maximum Gasteiger partial charge on any atom is 0.255 e. The fourth-order valence-electron chi connectivity index (χ4n) is 2.22. The van der Waals surface area contributed by atoms with Crippen LogP contribution >= 0.6 is 15.9 Å². The number of benzene rings is 2. The summed E-state index contributed by atoms with van der Waals surface area (Å²) in [6, 6.07) is 13.4. The van der Waals surface area contributed by atoms with Crippen LogP contribution in [0.4, 0.5) is 11.4 Å². The Labute approximate surface area is 120 Å². The maximum absolute atomic E-state index is 12.2. The monoisotopic (exact) mass is 316 g/mol. The molecule has 96 valence electrons. The molecule has 0 fully saturated rings. The van der Waals surface area contributed by atoms with Crippen LogP contribution in [0.25, 0.3) is 0 Å². The summed E-state index contributed by atoms with van der Waals surface area (Å²) in [6.45, 7) is 0.950. The van der Waals surface area contributed by atoms with Gasteiger partial charge in [-0.3, -0.25) is 4.79 Å². The van der Waals surface area contributed by atoms with Crippen molar-refractivity contribution in [3.05, 3.63) is 58.1 Å². The predicted molar refractivity (Wildman–Crippen MR) is 80.7 cm³/mol. The van der Waals surface area contributed by atoms with Gasteiger partial charge in [0, 0.05) is 28.0 Å². The molecule has 3 rings (SSSR count). The van der Waals surface area contributed by atoms with Crippen LogP contribution in [0.5, 0.6) is 0 Å². The summed E-state index contributed by atoms with van der Waals surface area (Å²) in [7, 11) is 0. The molecule has 19 heavy (non-hydrogen) atoms. The van der Waals surface area contributed by atoms with E-state index in [1.165, 1.54) is 5.56 Å². The predicted octanol–water partition coefficient (Wildman–Crippen LogP) is 3.67. The Kier molecular flexibility index (Phi) is 3.25. The number of halogens is 1. The van der Waals surface area contributed by atoms with E-state index >= 15 is 0 Å². The van der Waals surface area contributed by atoms with Gasteiger partial charge in [-0.2, -0.15) is 0 Å². The van der Waals surface area contributed by atoms with Crippen LogP contribution in [-0.2, 0) is 6.42 Å². The molecule has 3 nitrogen and oxygen atoms in total. The summed E-state index contributed by atoms with van der Waals surface area (Å²) in [5.41, 5.74) is 3.83. The van der Waals surface area contributed by atoms with Gasteiger partial charge in [-0.25, -0.2) is 0 Å². The molecule has 0 aromatic heterocycles. The Morgan fingerprint density at radius 3 is 2.95 bits per heavy atom. The molecular weight excluding hydrogens is 304 g/mol. The number of carbonyl (C=O) groups excluding carboxylic acids is 1. The molecule has 0 saturated heterocycles. The Hall–Kier alpha value is -1.81. The second kappa shape index (κ2) is 5.05. The van der Waals surface area contributed by atoms with Gasteiger partial charge >= 0.3 is 0 Å². The highest BCUT2D eigenvalue weighted by Crippen LogP contribution is 2.23. The Bertz CT molecular complexity index is 640. The fourth-order valence-corrected chi connectivity index (χ4v) is 2.61. The van der Waals surface area contributed by atoms with Crippen molar-refractivity contribution in [2.45, 2.75) is 6.42 Å². The number of rotatable bonds is 2. The first-order valence-electron chi connectivity index (χ1n) is 6.16. The van der Waals surface area contributed by atoms with Crippen molar-refractivity contribution < 1.29 is 4.79 Å². The number of hydrogen-bond acceptors (Lipinski definition) is 2. The summed E-state index contributed by atoms with van der Waals surface area (Å²) in [4.78, 5) is 12.2. The normalized spacial score (nSPS) is 12.7. The molecule has 0 unspecified atom stereocenters. The van der Waals surface area contributed by atoms with Crippen molar-refractivity contribution in [1.82, 2.24) is 0 Å². The minimum absolute atomic E-state index is 0.0761. The van der Waals surface area contributed by atoms with E-state index < -0.39 is 0 Å². The lowest BCUT2D eigenvalue weighted by molar-refractivity contribution is 0.102. The van der Waals surface area contributed by atoms with Crippen LogP contribution in [0.15, 0.2) is 46.9 Å². The first-order valence-corrected chi connectivity index (χ1v) is 6.95. The van der Waals surface area contributed by atoms with Crippen LogP contribution in [0, 0.1) is 0 Å². The largest absolute Gasteiger partial charge is 0.384 e. The number of nitrogens with one attached hydrogen (secondary N) is 2. The van der Waals surface area contributed by atoms with Crippen LogP contribution in [0.3, 0.4) is 0 Å². The Morgan fingerprint density at radius 1 is 1.21 bits per heavy atom. The molecule has 0 aliphatic carbocycles. The van der Waals surface area contributed by atoms with Gasteiger partial charge in [0.05, 0.1) is 0 Å². The minimum atomic E-state index is -0.0761. The smallest absolute Gasteiger partial charge is 0.255 e. The zero-order valence-corrected chi connectivity index (χ0v) is 11.8. The Morgan fingerprint density at radius 2 is 2.11 bits per heavy atom. The average Bonchev–Trinajstić information content (AvgIpc) is 2.85. The average molecular weight is 317 g/mol. The van der Waals surface area contributed by atoms with E-state index in [1.54, 1.807) is 0 Å². The van der Waals surface area contributed by atoms with E-state index in [-0.39, 0.29) is 5.91 Å².